The average molecular weight is 378 g/mol. The Balaban J connectivity index is 1.87. The minimum Gasteiger partial charge on any atom is -0.444 e. The Bertz CT molecular complexity index is 692. The summed E-state index contributed by atoms with van der Waals surface area (Å²) in [6.07, 6.45) is 2.92. The Labute approximate surface area is 160 Å². The van der Waals surface area contributed by atoms with Crippen LogP contribution in [0.25, 0.3) is 5.70 Å². The van der Waals surface area contributed by atoms with Crippen LogP contribution >= 0.6 is 0 Å². The molecule has 150 valence electrons. The zero-order valence-electron chi connectivity index (χ0n) is 16.7. The largest absolute Gasteiger partial charge is 0.444 e. The third-order valence-corrected chi connectivity index (χ3v) is 4.41. The van der Waals surface area contributed by atoms with Crippen molar-refractivity contribution in [2.24, 2.45) is 5.84 Å². The number of carbonyl (C=O) groups is 1. The Morgan fingerprint density at radius 2 is 1.96 bits per heavy atom. The van der Waals surface area contributed by atoms with Crippen molar-refractivity contribution in [3.05, 3.63) is 41.3 Å². The molecule has 7 heteroatoms. The van der Waals surface area contributed by atoms with Crippen LogP contribution in [0, 0.1) is 5.82 Å². The van der Waals surface area contributed by atoms with Gasteiger partial charge < -0.3 is 20.8 Å². The normalized spacial score (nSPS) is 20.1. The molecule has 2 rings (SSSR count). The van der Waals surface area contributed by atoms with Crippen molar-refractivity contribution in [2.45, 2.75) is 71.1 Å². The smallest absolute Gasteiger partial charge is 0.407 e. The fraction of sp³-hybridized carbons (Fsp3) is 0.550. The second-order valence-corrected chi connectivity index (χ2v) is 8.27. The van der Waals surface area contributed by atoms with Crippen LogP contribution in [0.15, 0.2) is 24.4 Å². The van der Waals surface area contributed by atoms with Crippen molar-refractivity contribution in [3.63, 3.8) is 0 Å². The van der Waals surface area contributed by atoms with Crippen molar-refractivity contribution in [3.8, 4) is 0 Å². The lowest BCUT2D eigenvalue weighted by Gasteiger charge is -2.36. The van der Waals surface area contributed by atoms with Crippen LogP contribution < -0.4 is 21.9 Å². The first kappa shape index (κ1) is 21.0. The Hall–Kier alpha value is -2.28. The number of rotatable bonds is 6. The van der Waals surface area contributed by atoms with Crippen LogP contribution in [0.1, 0.15) is 64.5 Å². The van der Waals surface area contributed by atoms with Gasteiger partial charge in [0.1, 0.15) is 11.4 Å². The molecule has 0 heterocycles. The topological polar surface area (TPSA) is 88.4 Å². The van der Waals surface area contributed by atoms with E-state index in [-0.39, 0.29) is 23.8 Å². The van der Waals surface area contributed by atoms with E-state index in [2.05, 4.69) is 16.1 Å². The molecule has 1 aliphatic carbocycles. The van der Waals surface area contributed by atoms with E-state index in [1.807, 2.05) is 40.7 Å². The summed E-state index contributed by atoms with van der Waals surface area (Å²) in [4.78, 5) is 11.7. The SMILES string of the molecule is CC(C)c1ccc(/C(=C/NC2CC(NC(=O)OC(C)(C)C)C2)NN)cc1F. The zero-order chi connectivity index (χ0) is 20.2. The van der Waals surface area contributed by atoms with Crippen LogP contribution in [0.2, 0.25) is 0 Å². The lowest BCUT2D eigenvalue weighted by Crippen LogP contribution is -2.52. The molecule has 1 amide bonds. The standard InChI is InChI=1S/C20H31FN4O2/c1-12(2)16-7-6-13(8-17(16)21)18(25-22)11-23-14-9-15(10-14)24-19(26)27-20(3,4)5/h6-8,11-12,14-15,23,25H,9-10,22H2,1-5H3,(H,24,26)/b18-11-. The van der Waals surface area contributed by atoms with E-state index in [0.29, 0.717) is 16.8 Å². The number of nitrogens with two attached hydrogens (primary N) is 1. The first-order valence-corrected chi connectivity index (χ1v) is 9.31. The summed E-state index contributed by atoms with van der Waals surface area (Å²) in [5.41, 5.74) is 4.06. The van der Waals surface area contributed by atoms with E-state index in [4.69, 9.17) is 10.6 Å². The van der Waals surface area contributed by atoms with E-state index in [9.17, 15) is 9.18 Å². The van der Waals surface area contributed by atoms with Gasteiger partial charge in [-0.1, -0.05) is 26.0 Å². The highest BCUT2D eigenvalue weighted by Gasteiger charge is 2.31. The molecule has 0 aliphatic heterocycles. The molecule has 1 aliphatic rings. The molecule has 0 spiro atoms. The highest BCUT2D eigenvalue weighted by molar-refractivity contribution is 5.68. The number of amides is 1. The van der Waals surface area contributed by atoms with Gasteiger partial charge in [0.15, 0.2) is 0 Å². The average Bonchev–Trinajstić information content (AvgIpc) is 2.50. The maximum atomic E-state index is 14.2. The van der Waals surface area contributed by atoms with Crippen LogP contribution in [0.5, 0.6) is 0 Å². The van der Waals surface area contributed by atoms with Gasteiger partial charge >= 0.3 is 6.09 Å². The van der Waals surface area contributed by atoms with Gasteiger partial charge in [-0.05, 0) is 51.2 Å². The van der Waals surface area contributed by atoms with Gasteiger partial charge in [-0.25, -0.2) is 9.18 Å². The Morgan fingerprint density at radius 1 is 1.30 bits per heavy atom. The lowest BCUT2D eigenvalue weighted by molar-refractivity contribution is 0.0468. The van der Waals surface area contributed by atoms with Crippen molar-refractivity contribution in [2.75, 3.05) is 0 Å². The fourth-order valence-corrected chi connectivity index (χ4v) is 2.92. The second-order valence-electron chi connectivity index (χ2n) is 8.27. The number of benzene rings is 1. The maximum Gasteiger partial charge on any atom is 0.407 e. The second kappa shape index (κ2) is 8.61. The number of hydrazine groups is 1. The van der Waals surface area contributed by atoms with E-state index in [1.54, 1.807) is 12.3 Å². The number of nitrogens with one attached hydrogen (secondary N) is 3. The van der Waals surface area contributed by atoms with Gasteiger partial charge in [0.2, 0.25) is 0 Å². The summed E-state index contributed by atoms with van der Waals surface area (Å²) in [7, 11) is 0. The predicted molar refractivity (Wildman–Crippen MR) is 105 cm³/mol. The summed E-state index contributed by atoms with van der Waals surface area (Å²) in [5, 5.41) is 6.11. The quantitative estimate of drug-likeness (QED) is 0.450. The monoisotopic (exact) mass is 378 g/mol. The van der Waals surface area contributed by atoms with Crippen LogP contribution in [-0.4, -0.2) is 23.8 Å². The number of halogens is 1. The minimum atomic E-state index is -0.504. The van der Waals surface area contributed by atoms with Crippen LogP contribution in [-0.2, 0) is 4.74 Å². The molecule has 1 saturated carbocycles. The van der Waals surface area contributed by atoms with E-state index in [1.165, 1.54) is 6.07 Å². The number of ether oxygens (including phenoxy) is 1. The van der Waals surface area contributed by atoms with Gasteiger partial charge in [-0.3, -0.25) is 5.84 Å². The summed E-state index contributed by atoms with van der Waals surface area (Å²) in [5.74, 6) is 5.48. The number of alkyl carbamates (subject to hydrolysis) is 1. The molecule has 0 unspecified atom stereocenters. The van der Waals surface area contributed by atoms with Crippen LogP contribution in [0.4, 0.5) is 9.18 Å². The zero-order valence-corrected chi connectivity index (χ0v) is 16.7. The predicted octanol–water partition coefficient (Wildman–Crippen LogP) is 3.36. The molecule has 5 N–H and O–H groups in total. The van der Waals surface area contributed by atoms with E-state index in [0.717, 1.165) is 12.8 Å². The summed E-state index contributed by atoms with van der Waals surface area (Å²) in [6.45, 7) is 9.41. The van der Waals surface area contributed by atoms with Gasteiger partial charge in [0.05, 0.1) is 5.70 Å². The number of hydrogen-bond acceptors (Lipinski definition) is 5. The molecule has 1 aromatic rings. The van der Waals surface area contributed by atoms with Crippen molar-refractivity contribution >= 4 is 11.8 Å². The molecule has 1 aromatic carbocycles. The molecule has 0 atom stereocenters. The Kier molecular flexibility index (Phi) is 6.70. The summed E-state index contributed by atoms with van der Waals surface area (Å²) >= 11 is 0. The van der Waals surface area contributed by atoms with Crippen molar-refractivity contribution in [1.29, 1.82) is 0 Å². The highest BCUT2D eigenvalue weighted by atomic mass is 19.1. The summed E-state index contributed by atoms with van der Waals surface area (Å²) in [6, 6.07) is 5.41. The molecule has 27 heavy (non-hydrogen) atoms. The third kappa shape index (κ3) is 6.13. The van der Waals surface area contributed by atoms with Crippen molar-refractivity contribution < 1.29 is 13.9 Å². The van der Waals surface area contributed by atoms with Gasteiger partial charge in [0, 0.05) is 23.8 Å². The number of carbonyl (C=O) groups excluding carboxylic acids is 1. The molecule has 0 aromatic heterocycles. The third-order valence-electron chi connectivity index (χ3n) is 4.41. The van der Waals surface area contributed by atoms with Gasteiger partial charge in [-0.2, -0.15) is 0 Å². The van der Waals surface area contributed by atoms with E-state index >= 15 is 0 Å². The van der Waals surface area contributed by atoms with E-state index < -0.39 is 11.7 Å². The highest BCUT2D eigenvalue weighted by Crippen LogP contribution is 2.23. The molecule has 0 radical (unpaired) electrons. The minimum absolute atomic E-state index is 0.0859. The van der Waals surface area contributed by atoms with Crippen molar-refractivity contribution in [1.82, 2.24) is 16.1 Å². The molecule has 1 fully saturated rings. The summed E-state index contributed by atoms with van der Waals surface area (Å²) < 4.78 is 19.4. The molecule has 0 bridgehead atoms. The van der Waals surface area contributed by atoms with Crippen LogP contribution in [0.3, 0.4) is 0 Å². The van der Waals surface area contributed by atoms with Gasteiger partial charge in [-0.15, -0.1) is 0 Å². The maximum absolute atomic E-state index is 14.2. The Morgan fingerprint density at radius 3 is 2.48 bits per heavy atom. The number of hydrogen-bond donors (Lipinski definition) is 4. The molecule has 6 nitrogen and oxygen atoms in total. The molecular weight excluding hydrogens is 347 g/mol. The molecule has 0 saturated heterocycles. The van der Waals surface area contributed by atoms with Gasteiger partial charge in [0.25, 0.3) is 0 Å². The fourth-order valence-electron chi connectivity index (χ4n) is 2.92. The first-order chi connectivity index (χ1) is 12.6. The molecular formula is C20H31FN4O2. The first-order valence-electron chi connectivity index (χ1n) is 9.31. The lowest BCUT2D eigenvalue weighted by atomic mass is 9.87.